The molecule has 0 radical (unpaired) electrons. The number of aryl methyl sites for hydroxylation is 1. The minimum absolute atomic E-state index is 0.600. The molecule has 0 saturated heterocycles. The third-order valence-electron chi connectivity index (χ3n) is 3.06. The standard InChI is InChI=1S/C15H14ClN3/c1-10-3-2-4-11(5-10)6-13-9-19-8-12(16)7-14(17)15(19)18-13/h2-5,7-9H,6,17H2,1H3. The van der Waals surface area contributed by atoms with Gasteiger partial charge >= 0.3 is 0 Å². The zero-order chi connectivity index (χ0) is 13.4. The van der Waals surface area contributed by atoms with Gasteiger partial charge in [-0.05, 0) is 18.6 Å². The van der Waals surface area contributed by atoms with Crippen molar-refractivity contribution < 1.29 is 0 Å². The fraction of sp³-hybridized carbons (Fsp3) is 0.133. The largest absolute Gasteiger partial charge is 0.396 e. The van der Waals surface area contributed by atoms with Crippen molar-refractivity contribution in [1.29, 1.82) is 0 Å². The average molecular weight is 272 g/mol. The number of imidazole rings is 1. The summed E-state index contributed by atoms with van der Waals surface area (Å²) in [7, 11) is 0. The second kappa shape index (κ2) is 4.59. The Morgan fingerprint density at radius 1 is 1.26 bits per heavy atom. The molecule has 96 valence electrons. The molecule has 0 amide bonds. The van der Waals surface area contributed by atoms with Crippen molar-refractivity contribution in [1.82, 2.24) is 9.38 Å². The summed E-state index contributed by atoms with van der Waals surface area (Å²) >= 11 is 5.99. The number of benzene rings is 1. The molecule has 1 aromatic carbocycles. The van der Waals surface area contributed by atoms with Gasteiger partial charge in [-0.25, -0.2) is 4.98 Å². The van der Waals surface area contributed by atoms with E-state index in [1.54, 1.807) is 6.07 Å². The highest BCUT2D eigenvalue weighted by molar-refractivity contribution is 6.30. The van der Waals surface area contributed by atoms with Crippen molar-refractivity contribution in [3.63, 3.8) is 0 Å². The van der Waals surface area contributed by atoms with Crippen molar-refractivity contribution in [2.75, 3.05) is 5.73 Å². The van der Waals surface area contributed by atoms with E-state index < -0.39 is 0 Å². The zero-order valence-electron chi connectivity index (χ0n) is 10.6. The van der Waals surface area contributed by atoms with Gasteiger partial charge in [0.05, 0.1) is 16.4 Å². The summed E-state index contributed by atoms with van der Waals surface area (Å²) < 4.78 is 1.88. The number of nitrogens with zero attached hydrogens (tertiary/aromatic N) is 2. The smallest absolute Gasteiger partial charge is 0.160 e. The third kappa shape index (κ3) is 2.42. The Balaban J connectivity index is 2.00. The Morgan fingerprint density at radius 3 is 2.89 bits per heavy atom. The molecule has 4 heteroatoms. The van der Waals surface area contributed by atoms with E-state index in [0.717, 1.165) is 17.8 Å². The fourth-order valence-corrected chi connectivity index (χ4v) is 2.48. The predicted molar refractivity (Wildman–Crippen MR) is 78.6 cm³/mol. The van der Waals surface area contributed by atoms with Crippen LogP contribution in [0.5, 0.6) is 0 Å². The van der Waals surface area contributed by atoms with Crippen LogP contribution in [0.25, 0.3) is 5.65 Å². The first-order valence-electron chi connectivity index (χ1n) is 6.10. The summed E-state index contributed by atoms with van der Waals surface area (Å²) in [5, 5.41) is 0.615. The molecule has 3 rings (SSSR count). The van der Waals surface area contributed by atoms with Crippen LogP contribution in [0.3, 0.4) is 0 Å². The maximum Gasteiger partial charge on any atom is 0.160 e. The molecule has 0 atom stereocenters. The lowest BCUT2D eigenvalue weighted by Crippen LogP contribution is -1.91. The molecule has 0 unspecified atom stereocenters. The van der Waals surface area contributed by atoms with Gasteiger partial charge in [0, 0.05) is 18.8 Å². The van der Waals surface area contributed by atoms with Crippen LogP contribution in [0.4, 0.5) is 5.69 Å². The molecule has 0 fully saturated rings. The number of anilines is 1. The van der Waals surface area contributed by atoms with Gasteiger partial charge in [-0.2, -0.15) is 0 Å². The molecule has 0 aliphatic heterocycles. The van der Waals surface area contributed by atoms with Crippen LogP contribution in [0.2, 0.25) is 5.02 Å². The maximum atomic E-state index is 5.99. The van der Waals surface area contributed by atoms with E-state index in [1.807, 2.05) is 16.8 Å². The molecule has 0 bridgehead atoms. The average Bonchev–Trinajstić information content (AvgIpc) is 2.71. The van der Waals surface area contributed by atoms with E-state index >= 15 is 0 Å². The molecule has 2 aromatic heterocycles. The number of rotatable bonds is 2. The number of halogens is 1. The monoisotopic (exact) mass is 271 g/mol. The van der Waals surface area contributed by atoms with Crippen LogP contribution in [0.1, 0.15) is 16.8 Å². The van der Waals surface area contributed by atoms with Gasteiger partial charge in [-0.1, -0.05) is 41.4 Å². The van der Waals surface area contributed by atoms with Crippen LogP contribution in [0.15, 0.2) is 42.7 Å². The lowest BCUT2D eigenvalue weighted by molar-refractivity contribution is 1.11. The molecule has 3 aromatic rings. The summed E-state index contributed by atoms with van der Waals surface area (Å²) in [6.07, 6.45) is 4.58. The second-order valence-electron chi connectivity index (χ2n) is 4.74. The number of fused-ring (bicyclic) bond motifs is 1. The summed E-state index contributed by atoms with van der Waals surface area (Å²) in [6, 6.07) is 10.1. The molecular weight excluding hydrogens is 258 g/mol. The second-order valence-corrected chi connectivity index (χ2v) is 5.18. The number of pyridine rings is 1. The molecular formula is C15H14ClN3. The summed E-state index contributed by atoms with van der Waals surface area (Å²) in [6.45, 7) is 2.09. The molecule has 0 saturated carbocycles. The number of nitrogen functional groups attached to an aromatic ring is 1. The third-order valence-corrected chi connectivity index (χ3v) is 3.27. The lowest BCUT2D eigenvalue weighted by atomic mass is 10.1. The minimum Gasteiger partial charge on any atom is -0.396 e. The van der Waals surface area contributed by atoms with Crippen molar-refractivity contribution in [3.8, 4) is 0 Å². The highest BCUT2D eigenvalue weighted by Gasteiger charge is 2.06. The number of hydrogen-bond acceptors (Lipinski definition) is 2. The van der Waals surface area contributed by atoms with Crippen LogP contribution in [0, 0.1) is 6.92 Å². The van der Waals surface area contributed by atoms with Crippen LogP contribution >= 0.6 is 11.6 Å². The molecule has 0 aliphatic rings. The summed E-state index contributed by atoms with van der Waals surface area (Å²) in [4.78, 5) is 4.56. The van der Waals surface area contributed by atoms with E-state index in [-0.39, 0.29) is 0 Å². The van der Waals surface area contributed by atoms with Crippen molar-refractivity contribution in [2.45, 2.75) is 13.3 Å². The highest BCUT2D eigenvalue weighted by atomic mass is 35.5. The minimum atomic E-state index is 0.600. The lowest BCUT2D eigenvalue weighted by Gasteiger charge is -1.99. The summed E-state index contributed by atoms with van der Waals surface area (Å²) in [5.41, 5.74) is 10.8. The number of nitrogens with two attached hydrogens (primary N) is 1. The molecule has 0 spiro atoms. The first kappa shape index (κ1) is 12.1. The van der Waals surface area contributed by atoms with Gasteiger partial charge in [0.2, 0.25) is 0 Å². The molecule has 3 nitrogen and oxygen atoms in total. The van der Waals surface area contributed by atoms with Crippen molar-refractivity contribution >= 4 is 22.9 Å². The molecule has 2 N–H and O–H groups in total. The van der Waals surface area contributed by atoms with E-state index in [1.165, 1.54) is 11.1 Å². The van der Waals surface area contributed by atoms with E-state index in [0.29, 0.717) is 10.7 Å². The van der Waals surface area contributed by atoms with Gasteiger partial charge in [0.25, 0.3) is 0 Å². The van der Waals surface area contributed by atoms with E-state index in [4.69, 9.17) is 17.3 Å². The van der Waals surface area contributed by atoms with Crippen LogP contribution < -0.4 is 5.73 Å². The topological polar surface area (TPSA) is 43.3 Å². The predicted octanol–water partition coefficient (Wildman–Crippen LogP) is 3.47. The normalized spacial score (nSPS) is 11.1. The quantitative estimate of drug-likeness (QED) is 0.776. The molecule has 19 heavy (non-hydrogen) atoms. The number of aromatic nitrogens is 2. The highest BCUT2D eigenvalue weighted by Crippen LogP contribution is 2.20. The zero-order valence-corrected chi connectivity index (χ0v) is 11.4. The SMILES string of the molecule is Cc1cccc(Cc2cn3cc(Cl)cc(N)c3n2)c1. The van der Waals surface area contributed by atoms with Gasteiger partial charge in [-0.15, -0.1) is 0 Å². The first-order valence-corrected chi connectivity index (χ1v) is 6.48. The van der Waals surface area contributed by atoms with Gasteiger partial charge in [-0.3, -0.25) is 0 Å². The van der Waals surface area contributed by atoms with Crippen LogP contribution in [-0.4, -0.2) is 9.38 Å². The van der Waals surface area contributed by atoms with Crippen molar-refractivity contribution in [3.05, 3.63) is 64.6 Å². The van der Waals surface area contributed by atoms with Crippen molar-refractivity contribution in [2.24, 2.45) is 0 Å². The Morgan fingerprint density at radius 2 is 2.11 bits per heavy atom. The van der Waals surface area contributed by atoms with Gasteiger partial charge in [0.1, 0.15) is 0 Å². The Kier molecular flexibility index (Phi) is 2.91. The fourth-order valence-electron chi connectivity index (χ4n) is 2.26. The molecule has 2 heterocycles. The van der Waals surface area contributed by atoms with E-state index in [2.05, 4.69) is 36.2 Å². The Labute approximate surface area is 116 Å². The first-order chi connectivity index (χ1) is 9.11. The molecule has 0 aliphatic carbocycles. The van der Waals surface area contributed by atoms with E-state index in [9.17, 15) is 0 Å². The van der Waals surface area contributed by atoms with Gasteiger partial charge in [0.15, 0.2) is 5.65 Å². The Bertz CT molecular complexity index is 746. The maximum absolute atomic E-state index is 5.99. The van der Waals surface area contributed by atoms with Crippen LogP contribution in [-0.2, 0) is 6.42 Å². The Hall–Kier alpha value is -2.00. The summed E-state index contributed by atoms with van der Waals surface area (Å²) in [5.74, 6) is 0. The van der Waals surface area contributed by atoms with Gasteiger partial charge < -0.3 is 10.1 Å². The number of hydrogen-bond donors (Lipinski definition) is 1.